The van der Waals surface area contributed by atoms with Crippen molar-refractivity contribution < 1.29 is 23.4 Å². The first-order valence-electron chi connectivity index (χ1n) is 14.8. The number of aromatic nitrogens is 5. The number of rotatable bonds is 14. The van der Waals surface area contributed by atoms with E-state index in [4.69, 9.17) is 24.3 Å². The molecule has 5 rings (SSSR count). The number of nitrogens with zero attached hydrogens (tertiary/aromatic N) is 5. The summed E-state index contributed by atoms with van der Waals surface area (Å²) >= 11 is 0. The number of hydrogen-bond donors (Lipinski definition) is 1. The van der Waals surface area contributed by atoms with Gasteiger partial charge < -0.3 is 24.1 Å². The van der Waals surface area contributed by atoms with E-state index in [-0.39, 0.29) is 19.1 Å². The van der Waals surface area contributed by atoms with Crippen molar-refractivity contribution in [3.05, 3.63) is 30.6 Å². The zero-order valence-corrected chi connectivity index (χ0v) is 28.2. The van der Waals surface area contributed by atoms with Crippen molar-refractivity contribution >= 4 is 49.9 Å². The van der Waals surface area contributed by atoms with Crippen molar-refractivity contribution in [2.45, 2.75) is 77.4 Å². The van der Waals surface area contributed by atoms with E-state index in [9.17, 15) is 9.18 Å². The quantitative estimate of drug-likeness (QED) is 0.128. The highest BCUT2D eigenvalue weighted by atomic mass is 28.3. The van der Waals surface area contributed by atoms with Crippen molar-refractivity contribution in [2.24, 2.45) is 5.92 Å². The lowest BCUT2D eigenvalue weighted by atomic mass is 10.1. The van der Waals surface area contributed by atoms with Crippen LogP contribution in [-0.2, 0) is 27.7 Å². The number of carbonyl (C=O) groups is 1. The number of amides is 1. The molecule has 0 bridgehead atoms. The maximum atomic E-state index is 13.5. The molecule has 43 heavy (non-hydrogen) atoms. The Morgan fingerprint density at radius 2 is 1.70 bits per heavy atom. The molecule has 1 N–H and O–H groups in total. The highest BCUT2D eigenvalue weighted by Crippen LogP contribution is 2.39. The molecule has 3 aromatic heterocycles. The number of halogens is 1. The van der Waals surface area contributed by atoms with Gasteiger partial charge in [0.15, 0.2) is 11.4 Å². The SMILES string of the molecule is COc1c(-c2nn(COCC[Si](C)(C)C)c3nc(NC(=O)[C@@H]4C[C@@H]4F)ccc23)ccc2c1ncn2COCC[Si](C)(C)C. The van der Waals surface area contributed by atoms with Gasteiger partial charge in [0, 0.05) is 40.3 Å². The van der Waals surface area contributed by atoms with E-state index in [1.165, 1.54) is 0 Å². The predicted octanol–water partition coefficient (Wildman–Crippen LogP) is 6.38. The van der Waals surface area contributed by atoms with Gasteiger partial charge >= 0.3 is 0 Å². The summed E-state index contributed by atoms with van der Waals surface area (Å²) in [5.74, 6) is -0.0140. The Hall–Kier alpha value is -3.14. The van der Waals surface area contributed by atoms with Gasteiger partial charge in [-0.3, -0.25) is 4.79 Å². The van der Waals surface area contributed by atoms with Gasteiger partial charge in [0.2, 0.25) is 5.91 Å². The fraction of sp³-hybridized carbons (Fsp3) is 0.533. The predicted molar refractivity (Wildman–Crippen MR) is 173 cm³/mol. The number of carbonyl (C=O) groups excluding carboxylic acids is 1. The number of methoxy groups -OCH3 is 1. The number of pyridine rings is 1. The largest absolute Gasteiger partial charge is 0.494 e. The number of fused-ring (bicyclic) bond motifs is 2. The number of alkyl halides is 1. The lowest BCUT2D eigenvalue weighted by Crippen LogP contribution is -2.22. The third-order valence-electron chi connectivity index (χ3n) is 7.54. The number of hydrogen-bond acceptors (Lipinski definition) is 7. The Morgan fingerprint density at radius 3 is 2.33 bits per heavy atom. The van der Waals surface area contributed by atoms with E-state index in [0.29, 0.717) is 41.8 Å². The molecule has 0 aliphatic heterocycles. The summed E-state index contributed by atoms with van der Waals surface area (Å²) < 4.78 is 35.1. The van der Waals surface area contributed by atoms with Crippen molar-refractivity contribution in [1.82, 2.24) is 24.3 Å². The summed E-state index contributed by atoms with van der Waals surface area (Å²) in [5.41, 5.74) is 3.60. The minimum absolute atomic E-state index is 0.203. The van der Waals surface area contributed by atoms with Crippen molar-refractivity contribution in [3.63, 3.8) is 0 Å². The van der Waals surface area contributed by atoms with Crippen molar-refractivity contribution in [2.75, 3.05) is 25.6 Å². The fourth-order valence-corrected chi connectivity index (χ4v) is 6.25. The standard InChI is InChI=1S/C30H43FN6O4Si2/c1-39-28-20(8-10-24-27(28)32-17-36(24)18-40-12-14-42(2,3)4)26-21-9-11-25(34-30(38)22-16-23(22)31)33-29(21)37(35-26)19-41-13-15-43(5,6)7/h8-11,17,22-23H,12-16,18-19H2,1-7H3,(H,33,34,38)/t22-,23+/m1/s1. The molecule has 4 aromatic rings. The van der Waals surface area contributed by atoms with Crippen LogP contribution in [0.5, 0.6) is 5.75 Å². The van der Waals surface area contributed by atoms with Crippen molar-refractivity contribution in [1.29, 1.82) is 0 Å². The molecule has 0 radical (unpaired) electrons. The maximum absolute atomic E-state index is 13.5. The minimum Gasteiger partial charge on any atom is -0.494 e. The highest BCUT2D eigenvalue weighted by Gasteiger charge is 2.43. The molecule has 1 fully saturated rings. The number of nitrogens with one attached hydrogen (secondary N) is 1. The molecule has 10 nitrogen and oxygen atoms in total. The van der Waals surface area contributed by atoms with Crippen LogP contribution in [0.4, 0.5) is 10.2 Å². The lowest BCUT2D eigenvalue weighted by Gasteiger charge is -2.15. The fourth-order valence-electron chi connectivity index (χ4n) is 4.74. The Kier molecular flexibility index (Phi) is 9.07. The first-order chi connectivity index (χ1) is 20.3. The summed E-state index contributed by atoms with van der Waals surface area (Å²) in [6, 6.07) is 9.68. The topological polar surface area (TPSA) is 105 Å². The summed E-state index contributed by atoms with van der Waals surface area (Å²) in [6.45, 7) is 15.9. The molecule has 1 aliphatic rings. The Labute approximate surface area is 253 Å². The van der Waals surface area contributed by atoms with Gasteiger partial charge in [-0.25, -0.2) is 19.0 Å². The van der Waals surface area contributed by atoms with E-state index in [2.05, 4.69) is 49.6 Å². The smallest absolute Gasteiger partial charge is 0.231 e. The first kappa shape index (κ1) is 31.3. The van der Waals surface area contributed by atoms with Crippen LogP contribution in [0.1, 0.15) is 6.42 Å². The van der Waals surface area contributed by atoms with Crippen LogP contribution in [0.2, 0.25) is 51.4 Å². The zero-order chi connectivity index (χ0) is 30.9. The number of imidazole rings is 1. The molecule has 1 amide bonds. The molecule has 13 heteroatoms. The van der Waals surface area contributed by atoms with Crippen LogP contribution in [0.25, 0.3) is 33.3 Å². The monoisotopic (exact) mass is 626 g/mol. The molecule has 2 atom stereocenters. The normalized spacial score (nSPS) is 17.1. The molecule has 0 unspecified atom stereocenters. The lowest BCUT2D eigenvalue weighted by molar-refractivity contribution is -0.117. The van der Waals surface area contributed by atoms with E-state index < -0.39 is 28.2 Å². The summed E-state index contributed by atoms with van der Waals surface area (Å²) in [4.78, 5) is 21.8. The molecular weight excluding hydrogens is 584 g/mol. The van der Waals surface area contributed by atoms with Crippen LogP contribution in [-0.4, -0.2) is 72.9 Å². The average molecular weight is 627 g/mol. The minimum atomic E-state index is -1.27. The van der Waals surface area contributed by atoms with Crippen molar-refractivity contribution in [3.8, 4) is 17.0 Å². The number of benzene rings is 1. The van der Waals surface area contributed by atoms with Gasteiger partial charge in [-0.05, 0) is 42.8 Å². The Morgan fingerprint density at radius 1 is 1.02 bits per heavy atom. The second-order valence-corrected chi connectivity index (χ2v) is 24.9. The first-order valence-corrected chi connectivity index (χ1v) is 22.3. The Balaban J connectivity index is 1.46. The van der Waals surface area contributed by atoms with Gasteiger partial charge in [0.05, 0.1) is 24.9 Å². The van der Waals surface area contributed by atoms with E-state index in [1.54, 1.807) is 24.2 Å². The van der Waals surface area contributed by atoms with Gasteiger partial charge in [-0.1, -0.05) is 39.3 Å². The molecule has 1 aliphatic carbocycles. The number of ether oxygens (including phenoxy) is 3. The van der Waals surface area contributed by atoms with Gasteiger partial charge in [-0.15, -0.1) is 0 Å². The second kappa shape index (κ2) is 12.5. The van der Waals surface area contributed by atoms with E-state index >= 15 is 0 Å². The number of anilines is 1. The van der Waals surface area contributed by atoms with Gasteiger partial charge in [0.1, 0.15) is 36.7 Å². The molecule has 3 heterocycles. The molecule has 232 valence electrons. The Bertz CT molecular complexity index is 1610. The molecule has 0 spiro atoms. The molecule has 1 aromatic carbocycles. The summed E-state index contributed by atoms with van der Waals surface area (Å²) in [5, 5.41) is 8.44. The molecule has 0 saturated heterocycles. The third-order valence-corrected chi connectivity index (χ3v) is 10.9. The van der Waals surface area contributed by atoms with Crippen LogP contribution in [0.3, 0.4) is 0 Å². The third kappa shape index (κ3) is 7.51. The van der Waals surface area contributed by atoms with Gasteiger partial charge in [0.25, 0.3) is 0 Å². The molecular formula is C30H43FN6O4Si2. The highest BCUT2D eigenvalue weighted by molar-refractivity contribution is 6.76. The second-order valence-electron chi connectivity index (χ2n) is 13.7. The van der Waals surface area contributed by atoms with Crippen LogP contribution in [0.15, 0.2) is 30.6 Å². The summed E-state index contributed by atoms with van der Waals surface area (Å²) in [7, 11) is -0.821. The van der Waals surface area contributed by atoms with Crippen LogP contribution < -0.4 is 10.1 Å². The van der Waals surface area contributed by atoms with E-state index in [1.807, 2.05) is 22.8 Å². The van der Waals surface area contributed by atoms with Gasteiger partial charge in [-0.2, -0.15) is 5.10 Å². The van der Waals surface area contributed by atoms with E-state index in [0.717, 1.165) is 35.2 Å². The zero-order valence-electron chi connectivity index (χ0n) is 26.2. The molecule has 1 saturated carbocycles. The van der Waals surface area contributed by atoms with Crippen LogP contribution in [0, 0.1) is 5.92 Å². The van der Waals surface area contributed by atoms with Crippen LogP contribution >= 0.6 is 0 Å². The average Bonchev–Trinajstić information content (AvgIpc) is 3.37. The summed E-state index contributed by atoms with van der Waals surface area (Å²) in [6.07, 6.45) is 0.944. The maximum Gasteiger partial charge on any atom is 0.231 e.